The number of allylic oxidation sites excluding steroid dienone is 4. The van der Waals surface area contributed by atoms with E-state index < -0.39 is 5.60 Å². The normalized spacial score (nSPS) is 12.0. The molecule has 0 radical (unpaired) electrons. The van der Waals surface area contributed by atoms with Crippen LogP contribution in [0.25, 0.3) is 0 Å². The fraction of sp³-hybridized carbons (Fsp3) is 0.887. The SMILES string of the molecule is CCCCCCCC/C=C\CCCCCCCC(=O)OCCCCCCC(O)(CCCCO)CCCCCCOC(=O)CCCCCCC/C=C\CCCCCCCC. The lowest BCUT2D eigenvalue weighted by Crippen LogP contribution is -2.28. The topological polar surface area (TPSA) is 93.1 Å². The second kappa shape index (κ2) is 47.4. The van der Waals surface area contributed by atoms with Crippen molar-refractivity contribution < 1.29 is 29.3 Å². The number of ether oxygens (including phenoxy) is 2. The number of carbonyl (C=O) groups is 2. The first-order valence-corrected chi connectivity index (χ1v) is 25.9. The third kappa shape index (κ3) is 45.7. The van der Waals surface area contributed by atoms with E-state index in [1.54, 1.807) is 0 Å². The Hall–Kier alpha value is -1.66. The zero-order valence-corrected chi connectivity index (χ0v) is 39.4. The quantitative estimate of drug-likeness (QED) is 0.0360. The lowest BCUT2D eigenvalue weighted by Gasteiger charge is -2.28. The molecule has 6 nitrogen and oxygen atoms in total. The number of aliphatic hydroxyl groups excluding tert-OH is 1. The van der Waals surface area contributed by atoms with Gasteiger partial charge in [0.05, 0.1) is 18.8 Å². The molecule has 0 aliphatic rings. The Morgan fingerprint density at radius 3 is 1.03 bits per heavy atom. The summed E-state index contributed by atoms with van der Waals surface area (Å²) in [7, 11) is 0. The molecule has 0 saturated heterocycles. The van der Waals surface area contributed by atoms with E-state index in [9.17, 15) is 19.8 Å². The van der Waals surface area contributed by atoms with Crippen LogP contribution in [0.2, 0.25) is 0 Å². The Kier molecular flexibility index (Phi) is 46.1. The van der Waals surface area contributed by atoms with E-state index in [1.165, 1.54) is 141 Å². The highest BCUT2D eigenvalue weighted by molar-refractivity contribution is 5.69. The van der Waals surface area contributed by atoms with Gasteiger partial charge in [-0.1, -0.05) is 179 Å². The number of aliphatic hydroxyl groups is 2. The molecular weight excluding hydrogens is 733 g/mol. The highest BCUT2D eigenvalue weighted by Gasteiger charge is 2.25. The molecule has 0 fully saturated rings. The van der Waals surface area contributed by atoms with E-state index in [1.807, 2.05) is 0 Å². The molecule has 0 amide bonds. The van der Waals surface area contributed by atoms with E-state index in [4.69, 9.17) is 9.47 Å². The Bertz CT molecular complexity index is 863. The van der Waals surface area contributed by atoms with Crippen LogP contribution in [-0.2, 0) is 19.1 Å². The molecular formula is C53H100O6. The van der Waals surface area contributed by atoms with Crippen LogP contribution in [0.1, 0.15) is 277 Å². The molecule has 0 spiro atoms. The molecule has 0 heterocycles. The maximum Gasteiger partial charge on any atom is 0.305 e. The summed E-state index contributed by atoms with van der Waals surface area (Å²) >= 11 is 0. The summed E-state index contributed by atoms with van der Waals surface area (Å²) in [5.74, 6) is -0.124. The fourth-order valence-corrected chi connectivity index (χ4v) is 7.96. The summed E-state index contributed by atoms with van der Waals surface area (Å²) in [6, 6.07) is 0. The summed E-state index contributed by atoms with van der Waals surface area (Å²) in [5.41, 5.74) is -0.679. The van der Waals surface area contributed by atoms with Crippen LogP contribution in [0, 0.1) is 0 Å². The van der Waals surface area contributed by atoms with Gasteiger partial charge in [0.1, 0.15) is 0 Å². The second-order valence-electron chi connectivity index (χ2n) is 17.8. The first-order valence-electron chi connectivity index (χ1n) is 25.9. The van der Waals surface area contributed by atoms with Crippen LogP contribution in [0.3, 0.4) is 0 Å². The fourth-order valence-electron chi connectivity index (χ4n) is 7.96. The number of hydrogen-bond acceptors (Lipinski definition) is 6. The Morgan fingerprint density at radius 1 is 0.390 bits per heavy atom. The van der Waals surface area contributed by atoms with Crippen LogP contribution in [0.15, 0.2) is 24.3 Å². The van der Waals surface area contributed by atoms with Crippen molar-refractivity contribution in [2.24, 2.45) is 0 Å². The molecule has 2 N–H and O–H groups in total. The van der Waals surface area contributed by atoms with Crippen LogP contribution in [0.5, 0.6) is 0 Å². The van der Waals surface area contributed by atoms with Gasteiger partial charge >= 0.3 is 11.9 Å². The molecule has 0 atom stereocenters. The molecule has 59 heavy (non-hydrogen) atoms. The highest BCUT2D eigenvalue weighted by atomic mass is 16.5. The number of esters is 2. The zero-order chi connectivity index (χ0) is 43.0. The first-order chi connectivity index (χ1) is 29.0. The van der Waals surface area contributed by atoms with Crippen LogP contribution in [0.4, 0.5) is 0 Å². The molecule has 0 aromatic heterocycles. The first kappa shape index (κ1) is 57.3. The van der Waals surface area contributed by atoms with Crippen LogP contribution >= 0.6 is 0 Å². The van der Waals surface area contributed by atoms with Gasteiger partial charge in [0.25, 0.3) is 0 Å². The Morgan fingerprint density at radius 2 is 0.678 bits per heavy atom. The summed E-state index contributed by atoms with van der Waals surface area (Å²) in [6.45, 7) is 5.70. The van der Waals surface area contributed by atoms with Gasteiger partial charge in [0, 0.05) is 19.4 Å². The van der Waals surface area contributed by atoms with E-state index in [2.05, 4.69) is 38.2 Å². The van der Waals surface area contributed by atoms with Gasteiger partial charge in [-0.05, 0) is 109 Å². The van der Waals surface area contributed by atoms with Gasteiger partial charge < -0.3 is 19.7 Å². The van der Waals surface area contributed by atoms with Gasteiger partial charge in [-0.15, -0.1) is 0 Å². The minimum atomic E-state index is -0.679. The molecule has 348 valence electrons. The third-order valence-corrected chi connectivity index (χ3v) is 11.9. The van der Waals surface area contributed by atoms with E-state index in [-0.39, 0.29) is 18.5 Å². The molecule has 0 aliphatic heterocycles. The van der Waals surface area contributed by atoms with Crippen molar-refractivity contribution in [3.8, 4) is 0 Å². The summed E-state index contributed by atoms with van der Waals surface area (Å²) in [4.78, 5) is 24.3. The lowest BCUT2D eigenvalue weighted by molar-refractivity contribution is -0.144. The summed E-state index contributed by atoms with van der Waals surface area (Å²) in [6.07, 6.45) is 54.7. The van der Waals surface area contributed by atoms with Crippen LogP contribution < -0.4 is 0 Å². The van der Waals surface area contributed by atoms with Crippen molar-refractivity contribution in [2.75, 3.05) is 19.8 Å². The summed E-state index contributed by atoms with van der Waals surface area (Å²) in [5, 5.41) is 20.7. The van der Waals surface area contributed by atoms with Gasteiger partial charge in [-0.3, -0.25) is 9.59 Å². The van der Waals surface area contributed by atoms with E-state index >= 15 is 0 Å². The molecule has 0 rings (SSSR count). The Labute approximate surface area is 366 Å². The second-order valence-corrected chi connectivity index (χ2v) is 17.8. The van der Waals surface area contributed by atoms with Crippen LogP contribution in [-0.4, -0.2) is 47.6 Å². The molecule has 0 saturated carbocycles. The van der Waals surface area contributed by atoms with Crippen molar-refractivity contribution in [1.29, 1.82) is 0 Å². The van der Waals surface area contributed by atoms with Crippen molar-refractivity contribution in [3.05, 3.63) is 24.3 Å². The highest BCUT2D eigenvalue weighted by Crippen LogP contribution is 2.28. The molecule has 0 aromatic carbocycles. The largest absolute Gasteiger partial charge is 0.466 e. The summed E-state index contributed by atoms with van der Waals surface area (Å²) < 4.78 is 11.0. The third-order valence-electron chi connectivity index (χ3n) is 11.9. The monoisotopic (exact) mass is 833 g/mol. The molecule has 0 aromatic rings. The predicted molar refractivity (Wildman–Crippen MR) is 253 cm³/mol. The van der Waals surface area contributed by atoms with E-state index in [0.29, 0.717) is 26.1 Å². The van der Waals surface area contributed by atoms with Gasteiger partial charge in [-0.2, -0.15) is 0 Å². The maximum absolute atomic E-state index is 12.2. The Balaban J connectivity index is 3.78. The van der Waals surface area contributed by atoms with Crippen molar-refractivity contribution in [2.45, 2.75) is 283 Å². The van der Waals surface area contributed by atoms with Crippen molar-refractivity contribution in [1.82, 2.24) is 0 Å². The molecule has 0 aliphatic carbocycles. The minimum Gasteiger partial charge on any atom is -0.466 e. The predicted octanol–water partition coefficient (Wildman–Crippen LogP) is 15.9. The zero-order valence-electron chi connectivity index (χ0n) is 39.4. The van der Waals surface area contributed by atoms with E-state index in [0.717, 1.165) is 109 Å². The molecule has 0 unspecified atom stereocenters. The van der Waals surface area contributed by atoms with Crippen molar-refractivity contribution >= 4 is 11.9 Å². The number of unbranched alkanes of at least 4 members (excludes halogenated alkanes) is 29. The molecule has 6 heteroatoms. The van der Waals surface area contributed by atoms with Gasteiger partial charge in [0.2, 0.25) is 0 Å². The molecule has 0 bridgehead atoms. The average Bonchev–Trinajstić information content (AvgIpc) is 3.23. The van der Waals surface area contributed by atoms with Crippen molar-refractivity contribution in [3.63, 3.8) is 0 Å². The smallest absolute Gasteiger partial charge is 0.305 e. The number of hydrogen-bond donors (Lipinski definition) is 2. The average molecular weight is 833 g/mol. The standard InChI is InChI=1S/C53H100O6/c1-3-5-7-9-11-13-15-17-19-21-23-25-27-29-35-43-51(55)58-49-41-33-31-37-45-53(57,47-39-40-48-54)46-38-32-34-42-50-59-52(56)44-36-30-28-26-24-22-20-18-16-14-12-10-8-6-4-2/h17-20,54,57H,3-16,21-50H2,1-2H3/b19-17-,20-18-. The lowest BCUT2D eigenvalue weighted by atomic mass is 9.85. The number of rotatable bonds is 48. The maximum atomic E-state index is 12.2. The van der Waals surface area contributed by atoms with Gasteiger partial charge in [-0.25, -0.2) is 0 Å². The number of carbonyl (C=O) groups excluding carboxylic acids is 2. The van der Waals surface area contributed by atoms with Gasteiger partial charge in [0.15, 0.2) is 0 Å². The minimum absolute atomic E-state index is 0.0622.